The summed E-state index contributed by atoms with van der Waals surface area (Å²) >= 11 is 1.46. The van der Waals surface area contributed by atoms with E-state index in [0.717, 1.165) is 10.6 Å². The van der Waals surface area contributed by atoms with Crippen LogP contribution in [0.2, 0.25) is 0 Å². The van der Waals surface area contributed by atoms with Crippen molar-refractivity contribution in [2.75, 3.05) is 35.5 Å². The molecule has 3 rings (SSSR count). The van der Waals surface area contributed by atoms with Gasteiger partial charge in [-0.15, -0.1) is 11.3 Å². The van der Waals surface area contributed by atoms with Crippen LogP contribution in [-0.2, 0) is 22.6 Å². The van der Waals surface area contributed by atoms with E-state index >= 15 is 0 Å². The number of rotatable bonds is 10. The molecule has 0 bridgehead atoms. The fourth-order valence-electron chi connectivity index (χ4n) is 3.08. The van der Waals surface area contributed by atoms with Gasteiger partial charge in [0.1, 0.15) is 11.6 Å². The quantitative estimate of drug-likeness (QED) is 0.418. The summed E-state index contributed by atoms with van der Waals surface area (Å²) < 4.78 is 32.0. The van der Waals surface area contributed by atoms with Gasteiger partial charge in [0.2, 0.25) is 5.75 Å². The summed E-state index contributed by atoms with van der Waals surface area (Å²) in [7, 11) is 7.75. The molecule has 0 saturated heterocycles. The average Bonchev–Trinajstić information content (AvgIpc) is 3.30. The lowest BCUT2D eigenvalue weighted by Gasteiger charge is -2.13. The molecule has 3 aromatic rings. The van der Waals surface area contributed by atoms with Crippen LogP contribution in [0.3, 0.4) is 0 Å². The number of esters is 1. The summed E-state index contributed by atoms with van der Waals surface area (Å²) in [5.41, 5.74) is 2.24. The van der Waals surface area contributed by atoms with Crippen molar-refractivity contribution in [3.8, 4) is 39.3 Å². The molecule has 170 valence electrons. The maximum atomic E-state index is 12.4. The molecule has 1 aromatic heterocycles. The Labute approximate surface area is 190 Å². The standard InChI is InChI=1S/C23H25NO7S/c1-26-17-7-6-15(11-18(17)27-2)23-24-16(13-32-23)12-31-21(25)10-14-8-19(28-3)22(30-5)20(9-14)29-4/h6-9,11,13H,10,12H2,1-5H3. The lowest BCUT2D eigenvalue weighted by Crippen LogP contribution is -2.09. The highest BCUT2D eigenvalue weighted by Crippen LogP contribution is 2.38. The van der Waals surface area contributed by atoms with Crippen molar-refractivity contribution in [2.45, 2.75) is 13.0 Å². The monoisotopic (exact) mass is 459 g/mol. The molecule has 0 unspecified atom stereocenters. The van der Waals surface area contributed by atoms with Crippen LogP contribution in [0.5, 0.6) is 28.7 Å². The average molecular weight is 460 g/mol. The zero-order valence-electron chi connectivity index (χ0n) is 18.6. The van der Waals surface area contributed by atoms with Crippen molar-refractivity contribution >= 4 is 17.3 Å². The number of methoxy groups -OCH3 is 5. The molecule has 0 saturated carbocycles. The van der Waals surface area contributed by atoms with Gasteiger partial charge in [0.05, 0.1) is 47.7 Å². The van der Waals surface area contributed by atoms with E-state index in [9.17, 15) is 4.79 Å². The molecule has 0 N–H and O–H groups in total. The molecule has 0 aliphatic carbocycles. The first-order valence-electron chi connectivity index (χ1n) is 9.64. The van der Waals surface area contributed by atoms with Gasteiger partial charge in [0.25, 0.3) is 0 Å². The molecule has 0 fully saturated rings. The molecule has 0 radical (unpaired) electrons. The van der Waals surface area contributed by atoms with E-state index in [2.05, 4.69) is 4.98 Å². The van der Waals surface area contributed by atoms with Crippen LogP contribution in [0.15, 0.2) is 35.7 Å². The third-order valence-corrected chi connectivity index (χ3v) is 5.58. The molecule has 1 heterocycles. The Balaban J connectivity index is 1.65. The first kappa shape index (κ1) is 23.2. The third-order valence-electron chi connectivity index (χ3n) is 4.64. The minimum absolute atomic E-state index is 0.0589. The highest BCUT2D eigenvalue weighted by molar-refractivity contribution is 7.13. The number of nitrogens with zero attached hydrogens (tertiary/aromatic N) is 1. The van der Waals surface area contributed by atoms with Gasteiger partial charge >= 0.3 is 5.97 Å². The SMILES string of the molecule is COc1ccc(-c2nc(COC(=O)Cc3cc(OC)c(OC)c(OC)c3)cs2)cc1OC. The number of carbonyl (C=O) groups is 1. The zero-order valence-corrected chi connectivity index (χ0v) is 19.4. The Kier molecular flexibility index (Phi) is 7.77. The van der Waals surface area contributed by atoms with Gasteiger partial charge in [-0.3, -0.25) is 4.79 Å². The van der Waals surface area contributed by atoms with E-state index in [1.54, 1.807) is 26.4 Å². The lowest BCUT2D eigenvalue weighted by molar-refractivity contribution is -0.144. The molecular weight excluding hydrogens is 434 g/mol. The second-order valence-electron chi connectivity index (χ2n) is 6.58. The third kappa shape index (κ3) is 5.23. The van der Waals surface area contributed by atoms with Crippen molar-refractivity contribution in [1.29, 1.82) is 0 Å². The molecule has 9 heteroatoms. The normalized spacial score (nSPS) is 10.4. The molecule has 32 heavy (non-hydrogen) atoms. The van der Waals surface area contributed by atoms with Gasteiger partial charge in [0, 0.05) is 10.9 Å². The smallest absolute Gasteiger partial charge is 0.310 e. The Morgan fingerprint density at radius 3 is 2.09 bits per heavy atom. The Morgan fingerprint density at radius 1 is 0.844 bits per heavy atom. The van der Waals surface area contributed by atoms with E-state index < -0.39 is 0 Å². The predicted molar refractivity (Wildman–Crippen MR) is 120 cm³/mol. The van der Waals surface area contributed by atoms with Crippen molar-refractivity contribution in [1.82, 2.24) is 4.98 Å². The van der Waals surface area contributed by atoms with E-state index in [0.29, 0.717) is 40.0 Å². The molecule has 2 aromatic carbocycles. The predicted octanol–water partition coefficient (Wildman–Crippen LogP) is 4.14. The van der Waals surface area contributed by atoms with Crippen LogP contribution < -0.4 is 23.7 Å². The van der Waals surface area contributed by atoms with Crippen molar-refractivity contribution in [3.05, 3.63) is 47.0 Å². The number of thiazole rings is 1. The van der Waals surface area contributed by atoms with Gasteiger partial charge in [-0.05, 0) is 35.9 Å². The number of benzene rings is 2. The summed E-state index contributed by atoms with van der Waals surface area (Å²) in [4.78, 5) is 16.9. The molecule has 0 aliphatic heterocycles. The van der Waals surface area contributed by atoms with Crippen molar-refractivity contribution < 1.29 is 33.2 Å². The minimum atomic E-state index is -0.389. The molecule has 0 aliphatic rings. The number of carbonyl (C=O) groups excluding carboxylic acids is 1. The summed E-state index contributed by atoms with van der Waals surface area (Å²) in [6.45, 7) is 0.0764. The number of ether oxygens (including phenoxy) is 6. The maximum absolute atomic E-state index is 12.4. The van der Waals surface area contributed by atoms with E-state index in [4.69, 9.17) is 28.4 Å². The Morgan fingerprint density at radius 2 is 1.50 bits per heavy atom. The van der Waals surface area contributed by atoms with Crippen molar-refractivity contribution in [2.24, 2.45) is 0 Å². The van der Waals surface area contributed by atoms with Crippen LogP contribution in [0.25, 0.3) is 10.6 Å². The number of aromatic nitrogens is 1. The first-order valence-corrected chi connectivity index (χ1v) is 10.5. The number of hydrogen-bond donors (Lipinski definition) is 0. The molecule has 0 amide bonds. The van der Waals surface area contributed by atoms with Gasteiger partial charge in [-0.2, -0.15) is 0 Å². The van der Waals surface area contributed by atoms with E-state index in [1.807, 2.05) is 23.6 Å². The number of hydrogen-bond acceptors (Lipinski definition) is 9. The van der Waals surface area contributed by atoms with Crippen LogP contribution in [-0.4, -0.2) is 46.5 Å². The Bertz CT molecular complexity index is 1050. The topological polar surface area (TPSA) is 85.3 Å². The first-order chi connectivity index (χ1) is 15.5. The van der Waals surface area contributed by atoms with Crippen LogP contribution in [0, 0.1) is 0 Å². The largest absolute Gasteiger partial charge is 0.493 e. The van der Waals surface area contributed by atoms with Crippen LogP contribution in [0.4, 0.5) is 0 Å². The van der Waals surface area contributed by atoms with Gasteiger partial charge in [-0.25, -0.2) is 4.98 Å². The van der Waals surface area contributed by atoms with Crippen molar-refractivity contribution in [3.63, 3.8) is 0 Å². The zero-order chi connectivity index (χ0) is 23.1. The van der Waals surface area contributed by atoms with E-state index in [1.165, 1.54) is 32.7 Å². The molecule has 8 nitrogen and oxygen atoms in total. The second kappa shape index (κ2) is 10.7. The van der Waals surface area contributed by atoms with Gasteiger partial charge in [-0.1, -0.05) is 0 Å². The highest BCUT2D eigenvalue weighted by atomic mass is 32.1. The van der Waals surface area contributed by atoms with Crippen LogP contribution in [0.1, 0.15) is 11.3 Å². The summed E-state index contributed by atoms with van der Waals surface area (Å²) in [6, 6.07) is 9.03. The second-order valence-corrected chi connectivity index (χ2v) is 7.44. The lowest BCUT2D eigenvalue weighted by atomic mass is 10.1. The summed E-state index contributed by atoms with van der Waals surface area (Å²) in [5.74, 6) is 2.31. The Hall–Kier alpha value is -3.46. The fourth-order valence-corrected chi connectivity index (χ4v) is 3.89. The fraction of sp³-hybridized carbons (Fsp3) is 0.304. The van der Waals surface area contributed by atoms with E-state index in [-0.39, 0.29) is 19.0 Å². The van der Waals surface area contributed by atoms with Gasteiger partial charge < -0.3 is 28.4 Å². The van der Waals surface area contributed by atoms with Gasteiger partial charge in [0.15, 0.2) is 23.0 Å². The summed E-state index contributed by atoms with van der Waals surface area (Å²) in [6.07, 6.45) is 0.0589. The molecular formula is C23H25NO7S. The minimum Gasteiger partial charge on any atom is -0.493 e. The maximum Gasteiger partial charge on any atom is 0.310 e. The highest BCUT2D eigenvalue weighted by Gasteiger charge is 2.16. The summed E-state index contributed by atoms with van der Waals surface area (Å²) in [5, 5.41) is 2.65. The molecule has 0 atom stereocenters. The molecule has 0 spiro atoms. The van der Waals surface area contributed by atoms with Crippen LogP contribution >= 0.6 is 11.3 Å².